The van der Waals surface area contributed by atoms with E-state index in [1.165, 1.54) is 42.2 Å². The van der Waals surface area contributed by atoms with Gasteiger partial charge in [-0.05, 0) is 44.1 Å². The van der Waals surface area contributed by atoms with Gasteiger partial charge >= 0.3 is 6.18 Å². The minimum Gasteiger partial charge on any atom is -0.396 e. The third-order valence-corrected chi connectivity index (χ3v) is 8.65. The number of piperazine rings is 1. The Labute approximate surface area is 277 Å². The van der Waals surface area contributed by atoms with E-state index in [9.17, 15) is 27.6 Å². The average molecular weight is 686 g/mol. The molecular formula is C30H31ClF3N11O3. The number of benzene rings is 1. The zero-order chi connectivity index (χ0) is 34.2. The zero-order valence-corrected chi connectivity index (χ0v) is 26.4. The van der Waals surface area contributed by atoms with Crippen molar-refractivity contribution in [1.82, 2.24) is 44.4 Å². The summed E-state index contributed by atoms with van der Waals surface area (Å²) in [5.74, 6) is -1.21. The lowest BCUT2D eigenvalue weighted by atomic mass is 9.96. The van der Waals surface area contributed by atoms with E-state index in [2.05, 4.69) is 30.7 Å². The van der Waals surface area contributed by atoms with Crippen LogP contribution in [-0.4, -0.2) is 96.1 Å². The van der Waals surface area contributed by atoms with Gasteiger partial charge in [-0.15, -0.1) is 0 Å². The highest BCUT2D eigenvalue weighted by molar-refractivity contribution is 6.34. The van der Waals surface area contributed by atoms with Gasteiger partial charge in [-0.2, -0.15) is 18.3 Å². The second-order valence-corrected chi connectivity index (χ2v) is 11.9. The third-order valence-electron chi connectivity index (χ3n) is 8.34. The monoisotopic (exact) mass is 685 g/mol. The molecule has 2 aliphatic rings. The fraction of sp³-hybridized carbons (Fsp3) is 0.367. The van der Waals surface area contributed by atoms with Gasteiger partial charge in [-0.3, -0.25) is 14.4 Å². The highest BCUT2D eigenvalue weighted by Crippen LogP contribution is 2.36. The van der Waals surface area contributed by atoms with Crippen LogP contribution in [0, 0.1) is 5.92 Å². The van der Waals surface area contributed by atoms with Gasteiger partial charge in [-0.1, -0.05) is 11.6 Å². The van der Waals surface area contributed by atoms with Crippen LogP contribution in [0.4, 0.5) is 24.5 Å². The maximum absolute atomic E-state index is 14.0. The van der Waals surface area contributed by atoms with Crippen molar-refractivity contribution in [2.24, 2.45) is 13.0 Å². The molecule has 2 saturated heterocycles. The molecule has 5 heterocycles. The van der Waals surface area contributed by atoms with Crippen LogP contribution in [0.3, 0.4) is 0 Å². The van der Waals surface area contributed by atoms with Crippen molar-refractivity contribution in [2.45, 2.75) is 19.0 Å². The Morgan fingerprint density at radius 2 is 1.67 bits per heavy atom. The number of anilines is 2. The molecule has 3 aromatic heterocycles. The molecule has 0 bridgehead atoms. The number of aromatic nitrogens is 6. The summed E-state index contributed by atoms with van der Waals surface area (Å²) in [7, 11) is 1.39. The third kappa shape index (κ3) is 6.68. The van der Waals surface area contributed by atoms with Gasteiger partial charge in [0, 0.05) is 51.0 Å². The molecular weight excluding hydrogens is 655 g/mol. The van der Waals surface area contributed by atoms with Gasteiger partial charge in [0.2, 0.25) is 5.91 Å². The van der Waals surface area contributed by atoms with Crippen molar-refractivity contribution in [3.8, 4) is 17.2 Å². The standard InChI is InChI=1S/C30H31ClF3N11O3/c1-42-23(21-16-45(41-24(21)30(32,33)34)29-38-13-18(35)14-39-29)15-37-25(42)26(46)40-19-2-3-20(22(31)12-19)28(48)44-10-8-43(9-11-44)27(47)17-4-6-36-7-5-17/h2-3,12-17,36H,4-11,35H2,1H3,(H,40,46). The number of nitrogens with zero attached hydrogens (tertiary/aromatic N) is 8. The van der Waals surface area contributed by atoms with Crippen molar-refractivity contribution >= 4 is 40.7 Å². The van der Waals surface area contributed by atoms with Crippen molar-refractivity contribution in [3.05, 3.63) is 65.1 Å². The van der Waals surface area contributed by atoms with Crippen LogP contribution in [0.1, 0.15) is 39.5 Å². The number of carbonyl (C=O) groups excluding carboxylic acids is 3. The Morgan fingerprint density at radius 1 is 1.00 bits per heavy atom. The second kappa shape index (κ2) is 13.2. The Balaban J connectivity index is 1.13. The molecule has 0 spiro atoms. The average Bonchev–Trinajstić information content (AvgIpc) is 3.69. The zero-order valence-electron chi connectivity index (χ0n) is 25.7. The SMILES string of the molecule is Cn1c(-c2cn(-c3ncc(N)cn3)nc2C(F)(F)F)cnc1C(=O)Nc1ccc(C(=O)N2CCN(C(=O)C3CCNCC3)CC2)c(Cl)c1. The van der Waals surface area contributed by atoms with E-state index >= 15 is 0 Å². The quantitative estimate of drug-likeness (QED) is 0.276. The van der Waals surface area contributed by atoms with Gasteiger partial charge in [-0.25, -0.2) is 19.6 Å². The van der Waals surface area contributed by atoms with E-state index in [-0.39, 0.29) is 62.7 Å². The number of hydrogen-bond acceptors (Lipinski definition) is 9. The first kappa shape index (κ1) is 32.9. The molecule has 6 rings (SSSR count). The molecule has 0 saturated carbocycles. The van der Waals surface area contributed by atoms with Crippen molar-refractivity contribution in [1.29, 1.82) is 0 Å². The molecule has 252 valence electrons. The molecule has 3 amide bonds. The summed E-state index contributed by atoms with van der Waals surface area (Å²) >= 11 is 6.47. The molecule has 18 heteroatoms. The number of nitrogen functional groups attached to an aromatic ring is 1. The maximum Gasteiger partial charge on any atom is 0.435 e. The number of amides is 3. The first-order valence-electron chi connectivity index (χ1n) is 15.1. The molecule has 1 aromatic carbocycles. The van der Waals surface area contributed by atoms with Gasteiger partial charge in [0.25, 0.3) is 17.8 Å². The van der Waals surface area contributed by atoms with E-state index in [0.717, 1.165) is 43.0 Å². The van der Waals surface area contributed by atoms with Crippen LogP contribution in [0.5, 0.6) is 0 Å². The van der Waals surface area contributed by atoms with Crippen LogP contribution in [0.2, 0.25) is 5.02 Å². The Kier molecular flexibility index (Phi) is 9.07. The number of rotatable bonds is 6. The van der Waals surface area contributed by atoms with Gasteiger partial charge in [0.1, 0.15) is 0 Å². The predicted molar refractivity (Wildman–Crippen MR) is 168 cm³/mol. The van der Waals surface area contributed by atoms with Crippen LogP contribution < -0.4 is 16.4 Å². The number of hydrogen-bond donors (Lipinski definition) is 3. The van der Waals surface area contributed by atoms with Crippen LogP contribution in [-0.2, 0) is 18.0 Å². The molecule has 0 radical (unpaired) electrons. The minimum atomic E-state index is -4.84. The highest BCUT2D eigenvalue weighted by atomic mass is 35.5. The van der Waals surface area contributed by atoms with E-state index in [0.29, 0.717) is 26.2 Å². The lowest BCUT2D eigenvalue weighted by Gasteiger charge is -2.37. The van der Waals surface area contributed by atoms with E-state index in [1.807, 2.05) is 4.90 Å². The number of nitrogens with two attached hydrogens (primary N) is 1. The fourth-order valence-electron chi connectivity index (χ4n) is 5.77. The van der Waals surface area contributed by atoms with Crippen LogP contribution in [0.15, 0.2) is 43.0 Å². The van der Waals surface area contributed by atoms with Crippen molar-refractivity contribution < 1.29 is 27.6 Å². The predicted octanol–water partition coefficient (Wildman–Crippen LogP) is 2.85. The molecule has 14 nitrogen and oxygen atoms in total. The van der Waals surface area contributed by atoms with Gasteiger partial charge in [0.05, 0.1) is 46.1 Å². The van der Waals surface area contributed by atoms with Gasteiger partial charge in [0.15, 0.2) is 11.5 Å². The van der Waals surface area contributed by atoms with Crippen LogP contribution in [0.25, 0.3) is 17.2 Å². The minimum absolute atomic E-state index is 0.00911. The van der Waals surface area contributed by atoms with Crippen molar-refractivity contribution in [3.63, 3.8) is 0 Å². The highest BCUT2D eigenvalue weighted by Gasteiger charge is 2.39. The Hall–Kier alpha value is -5.03. The largest absolute Gasteiger partial charge is 0.435 e. The molecule has 0 atom stereocenters. The first-order chi connectivity index (χ1) is 22.9. The fourth-order valence-corrected chi connectivity index (χ4v) is 6.04. The Bertz CT molecular complexity index is 1840. The molecule has 0 unspecified atom stereocenters. The molecule has 2 fully saturated rings. The van der Waals surface area contributed by atoms with Crippen LogP contribution >= 0.6 is 11.6 Å². The smallest absolute Gasteiger partial charge is 0.396 e. The number of carbonyl (C=O) groups is 3. The number of piperidine rings is 1. The normalized spacial score (nSPS) is 15.9. The summed E-state index contributed by atoms with van der Waals surface area (Å²) in [6, 6.07) is 4.39. The first-order valence-corrected chi connectivity index (χ1v) is 15.4. The summed E-state index contributed by atoms with van der Waals surface area (Å²) in [6.45, 7) is 3.26. The second-order valence-electron chi connectivity index (χ2n) is 11.5. The molecule has 2 aliphatic heterocycles. The number of alkyl halides is 3. The van der Waals surface area contributed by atoms with E-state index in [1.54, 1.807) is 4.90 Å². The Morgan fingerprint density at radius 3 is 2.31 bits per heavy atom. The maximum atomic E-state index is 14.0. The number of nitrogens with one attached hydrogen (secondary N) is 2. The number of halogens is 4. The summed E-state index contributed by atoms with van der Waals surface area (Å²) in [4.78, 5) is 54.7. The lowest BCUT2D eigenvalue weighted by Crippen LogP contribution is -2.52. The topological polar surface area (TPSA) is 169 Å². The van der Waals surface area contributed by atoms with Crippen molar-refractivity contribution in [2.75, 3.05) is 50.3 Å². The summed E-state index contributed by atoms with van der Waals surface area (Å²) in [5.41, 5.74) is 4.67. The van der Waals surface area contributed by atoms with E-state index in [4.69, 9.17) is 17.3 Å². The number of imidazole rings is 1. The van der Waals surface area contributed by atoms with E-state index < -0.39 is 17.8 Å². The van der Waals surface area contributed by atoms with Gasteiger partial charge < -0.3 is 30.7 Å². The molecule has 0 aliphatic carbocycles. The summed E-state index contributed by atoms with van der Waals surface area (Å²) in [5, 5.41) is 9.61. The lowest BCUT2D eigenvalue weighted by molar-refractivity contribution is -0.141. The summed E-state index contributed by atoms with van der Waals surface area (Å²) < 4.78 is 44.0. The molecule has 48 heavy (non-hydrogen) atoms. The summed E-state index contributed by atoms with van der Waals surface area (Å²) in [6.07, 6.45) is 1.47. The molecule has 4 N–H and O–H groups in total. The molecule has 4 aromatic rings.